The summed E-state index contributed by atoms with van der Waals surface area (Å²) in [6.07, 6.45) is 2.62. The molecule has 13 heteroatoms. The highest BCUT2D eigenvalue weighted by Crippen LogP contribution is 2.47. The van der Waals surface area contributed by atoms with Gasteiger partial charge in [-0.3, -0.25) is 9.35 Å². The van der Waals surface area contributed by atoms with Gasteiger partial charge in [0.05, 0.1) is 0 Å². The Balaban J connectivity index is 0.000000543. The molecule has 0 saturated carbocycles. The van der Waals surface area contributed by atoms with Crippen molar-refractivity contribution in [3.8, 4) is 5.75 Å². The maximum Gasteiger partial charge on any atom is 0.437 e. The fourth-order valence-corrected chi connectivity index (χ4v) is 2.41. The van der Waals surface area contributed by atoms with Crippen LogP contribution in [-0.4, -0.2) is 42.5 Å². The molecule has 168 valence electrons. The van der Waals surface area contributed by atoms with E-state index in [4.69, 9.17) is 9.29 Å². The molecule has 1 aromatic rings. The van der Waals surface area contributed by atoms with E-state index in [1.807, 2.05) is 24.3 Å². The zero-order chi connectivity index (χ0) is 23.1. The summed E-state index contributed by atoms with van der Waals surface area (Å²) >= 11 is 0. The third kappa shape index (κ3) is 8.10. The normalized spacial score (nSPS) is 12.8. The Bertz CT molecular complexity index is 780. The highest BCUT2D eigenvalue weighted by atomic mass is 32.2. The summed E-state index contributed by atoms with van der Waals surface area (Å²) < 4.78 is 105. The monoisotopic (exact) mass is 470 g/mol. The van der Waals surface area contributed by atoms with Crippen LogP contribution in [0, 0.1) is 0 Å². The largest absolute Gasteiger partial charge is 0.486 e. The number of carbonyl (C=O) groups excluding carboxylic acids is 1. The lowest BCUT2D eigenvalue weighted by atomic mass is 10.2. The van der Waals surface area contributed by atoms with Crippen LogP contribution >= 0.6 is 9.24 Å². The van der Waals surface area contributed by atoms with Crippen LogP contribution in [0.4, 0.5) is 26.3 Å². The van der Waals surface area contributed by atoms with Gasteiger partial charge in [0.25, 0.3) is 0 Å². The van der Waals surface area contributed by atoms with Gasteiger partial charge in [-0.05, 0) is 23.9 Å². The molecule has 0 aliphatic carbocycles. The number of ketones is 1. The maximum atomic E-state index is 12.2. The first-order chi connectivity index (χ1) is 13.0. The minimum atomic E-state index is -6.61. The Morgan fingerprint density at radius 3 is 2.10 bits per heavy atom. The van der Waals surface area contributed by atoms with E-state index in [1.165, 1.54) is 0 Å². The van der Waals surface area contributed by atoms with Gasteiger partial charge in [0.15, 0.2) is 5.78 Å². The quantitative estimate of drug-likeness (QED) is 0.334. The number of ether oxygens (including phenoxy) is 1. The first-order valence-electron chi connectivity index (χ1n) is 8.08. The summed E-state index contributed by atoms with van der Waals surface area (Å²) in [5.41, 5.74) is 0. The molecule has 0 aliphatic heterocycles. The molecule has 0 heterocycles. The second kappa shape index (κ2) is 10.6. The number of hydrogen-bond donors (Lipinski definition) is 1. The first-order valence-corrected chi connectivity index (χ1v) is 10.1. The van der Waals surface area contributed by atoms with Crippen LogP contribution in [0.15, 0.2) is 24.3 Å². The SMILES string of the molecule is CC(F)(F)C(F)(F)C(F)(F)S(=O)(=O)O.CCCCC(=O)COc1cccc(P)c1. The lowest BCUT2D eigenvalue weighted by Gasteiger charge is -2.28. The Labute approximate surface area is 166 Å². The molecule has 0 spiro atoms. The van der Waals surface area contributed by atoms with Crippen molar-refractivity contribution in [2.75, 3.05) is 6.61 Å². The maximum absolute atomic E-state index is 12.2. The van der Waals surface area contributed by atoms with Crippen LogP contribution in [-0.2, 0) is 14.9 Å². The minimum Gasteiger partial charge on any atom is -0.486 e. The fraction of sp³-hybridized carbons (Fsp3) is 0.562. The molecule has 0 radical (unpaired) electrons. The standard InChI is InChI=1S/C12H17O2P.C4H4F6O3S/c1-2-3-5-10(13)9-14-11-6-4-7-12(15)8-11;1-2(5,6)3(7,8)4(9,10)14(11,12)13/h4,6-8H,2-3,5,9,15H2,1H3;1H3,(H,11,12,13). The topological polar surface area (TPSA) is 80.7 Å². The van der Waals surface area contributed by atoms with Gasteiger partial charge in [-0.2, -0.15) is 34.8 Å². The molecule has 1 unspecified atom stereocenters. The lowest BCUT2D eigenvalue weighted by molar-refractivity contribution is -0.273. The van der Waals surface area contributed by atoms with Crippen molar-refractivity contribution >= 4 is 30.4 Å². The van der Waals surface area contributed by atoms with Gasteiger partial charge in [0.2, 0.25) is 0 Å². The molecule has 0 aliphatic rings. The lowest BCUT2D eigenvalue weighted by Crippen LogP contribution is -2.56. The third-order valence-electron chi connectivity index (χ3n) is 3.31. The summed E-state index contributed by atoms with van der Waals surface area (Å²) in [5.74, 6) is -10.5. The van der Waals surface area contributed by atoms with E-state index in [2.05, 4.69) is 16.2 Å². The predicted octanol–water partition coefficient (Wildman–Crippen LogP) is 4.08. The van der Waals surface area contributed by atoms with Crippen LogP contribution in [0.1, 0.15) is 33.1 Å². The van der Waals surface area contributed by atoms with Crippen LogP contribution in [0.25, 0.3) is 0 Å². The zero-order valence-electron chi connectivity index (χ0n) is 15.5. The number of Topliss-reactive ketones (excluding diaryl/α,β-unsaturated/α-hetero) is 1. The summed E-state index contributed by atoms with van der Waals surface area (Å²) in [6.45, 7) is 1.67. The summed E-state index contributed by atoms with van der Waals surface area (Å²) in [7, 11) is -4.01. The van der Waals surface area contributed by atoms with Crippen LogP contribution in [0.3, 0.4) is 0 Å². The third-order valence-corrected chi connectivity index (χ3v) is 4.57. The van der Waals surface area contributed by atoms with Crippen molar-refractivity contribution in [3.05, 3.63) is 24.3 Å². The molecule has 29 heavy (non-hydrogen) atoms. The predicted molar refractivity (Wildman–Crippen MR) is 97.9 cm³/mol. The molecular weight excluding hydrogens is 449 g/mol. The van der Waals surface area contributed by atoms with Gasteiger partial charge in [-0.25, -0.2) is 0 Å². The Hall–Kier alpha value is -1.39. The summed E-state index contributed by atoms with van der Waals surface area (Å²) in [6, 6.07) is 7.64. The van der Waals surface area contributed by atoms with Crippen LogP contribution in [0.5, 0.6) is 5.75 Å². The van der Waals surface area contributed by atoms with E-state index in [-0.39, 0.29) is 12.4 Å². The Kier molecular flexibility index (Phi) is 10.1. The van der Waals surface area contributed by atoms with Gasteiger partial charge >= 0.3 is 27.2 Å². The van der Waals surface area contributed by atoms with Crippen LogP contribution in [0.2, 0.25) is 0 Å². The molecule has 0 saturated heterocycles. The number of benzene rings is 1. The number of alkyl halides is 6. The molecule has 0 fully saturated rings. The highest BCUT2D eigenvalue weighted by Gasteiger charge is 2.75. The average Bonchev–Trinajstić information content (AvgIpc) is 2.56. The molecule has 1 N–H and O–H groups in total. The van der Waals surface area contributed by atoms with E-state index in [9.17, 15) is 39.6 Å². The van der Waals surface area contributed by atoms with E-state index in [0.29, 0.717) is 6.42 Å². The van der Waals surface area contributed by atoms with Crippen molar-refractivity contribution in [2.45, 2.75) is 50.2 Å². The van der Waals surface area contributed by atoms with Crippen molar-refractivity contribution in [3.63, 3.8) is 0 Å². The fourth-order valence-electron chi connectivity index (χ4n) is 1.63. The highest BCUT2D eigenvalue weighted by molar-refractivity contribution is 7.87. The molecule has 0 bridgehead atoms. The van der Waals surface area contributed by atoms with Crippen molar-refractivity contribution in [2.24, 2.45) is 0 Å². The van der Waals surface area contributed by atoms with Gasteiger partial charge in [0, 0.05) is 13.3 Å². The van der Waals surface area contributed by atoms with E-state index in [1.54, 1.807) is 0 Å². The van der Waals surface area contributed by atoms with Gasteiger partial charge in [-0.15, -0.1) is 9.24 Å². The van der Waals surface area contributed by atoms with Gasteiger partial charge in [0.1, 0.15) is 12.4 Å². The second-order valence-corrected chi connectivity index (χ2v) is 8.09. The van der Waals surface area contributed by atoms with E-state index < -0.39 is 34.1 Å². The van der Waals surface area contributed by atoms with Crippen molar-refractivity contribution < 1.29 is 48.8 Å². The molecule has 0 aromatic heterocycles. The molecular formula is C16H21F6O5PS. The van der Waals surface area contributed by atoms with Gasteiger partial charge < -0.3 is 4.74 Å². The first kappa shape index (κ1) is 27.6. The van der Waals surface area contributed by atoms with E-state index in [0.717, 1.165) is 23.9 Å². The number of unbranched alkanes of at least 4 members (excludes halogenated alkanes) is 1. The number of rotatable bonds is 9. The Morgan fingerprint density at radius 1 is 1.17 bits per heavy atom. The molecule has 5 nitrogen and oxygen atoms in total. The van der Waals surface area contributed by atoms with Crippen molar-refractivity contribution in [1.82, 2.24) is 0 Å². The summed E-state index contributed by atoms with van der Waals surface area (Å²) in [5, 5.41) is -5.17. The number of halogens is 6. The molecule has 1 aromatic carbocycles. The van der Waals surface area contributed by atoms with Crippen molar-refractivity contribution in [1.29, 1.82) is 0 Å². The molecule has 1 atom stereocenters. The smallest absolute Gasteiger partial charge is 0.437 e. The number of carbonyl (C=O) groups is 1. The Morgan fingerprint density at radius 2 is 1.72 bits per heavy atom. The minimum absolute atomic E-state index is 0.172. The molecule has 0 amide bonds. The van der Waals surface area contributed by atoms with Gasteiger partial charge in [-0.1, -0.05) is 25.5 Å². The second-order valence-electron chi connectivity index (χ2n) is 5.96. The summed E-state index contributed by atoms with van der Waals surface area (Å²) in [4.78, 5) is 11.3. The van der Waals surface area contributed by atoms with E-state index >= 15 is 0 Å². The number of hydrogen-bond acceptors (Lipinski definition) is 4. The van der Waals surface area contributed by atoms with Crippen LogP contribution < -0.4 is 10.0 Å². The average molecular weight is 470 g/mol. The molecule has 1 rings (SSSR count). The zero-order valence-corrected chi connectivity index (χ0v) is 17.4.